The molecule has 4 heterocycles. The lowest BCUT2D eigenvalue weighted by molar-refractivity contribution is 1.03. The third-order valence-corrected chi connectivity index (χ3v) is 9.55. The first-order valence-corrected chi connectivity index (χ1v) is 16.8. The van der Waals surface area contributed by atoms with Crippen molar-refractivity contribution in [1.82, 2.24) is 19.5 Å². The molecule has 1 aliphatic heterocycles. The summed E-state index contributed by atoms with van der Waals surface area (Å²) in [5.41, 5.74) is 11.5. The minimum atomic E-state index is 0.679. The number of hydrogen-bond donors (Lipinski definition) is 0. The molecule has 3 aromatic heterocycles. The topological polar surface area (TPSA) is 46.8 Å². The van der Waals surface area contributed by atoms with Gasteiger partial charge in [0.1, 0.15) is 11.6 Å². The molecule has 9 aromatic rings. The Kier molecular flexibility index (Phi) is 6.42. The molecule has 0 radical (unpaired) electrons. The van der Waals surface area contributed by atoms with Crippen LogP contribution < -0.4 is 4.90 Å². The minimum absolute atomic E-state index is 0.679. The van der Waals surface area contributed by atoms with Crippen LogP contribution in [0.5, 0.6) is 0 Å². The van der Waals surface area contributed by atoms with E-state index in [-0.39, 0.29) is 0 Å². The predicted molar refractivity (Wildman–Crippen MR) is 204 cm³/mol. The van der Waals surface area contributed by atoms with Gasteiger partial charge in [-0.2, -0.15) is 0 Å². The Hall–Kier alpha value is -6.85. The third-order valence-electron chi connectivity index (χ3n) is 9.55. The van der Waals surface area contributed by atoms with Gasteiger partial charge in [0, 0.05) is 44.7 Å². The maximum Gasteiger partial charge on any atom is 0.162 e. The van der Waals surface area contributed by atoms with Crippen LogP contribution in [0.2, 0.25) is 0 Å². The van der Waals surface area contributed by atoms with Gasteiger partial charge in [0.15, 0.2) is 5.82 Å². The molecule has 0 atom stereocenters. The number of anilines is 3. The molecular weight excluding hydrogens is 611 g/mol. The Balaban J connectivity index is 1.32. The van der Waals surface area contributed by atoms with Gasteiger partial charge in [-0.1, -0.05) is 133 Å². The fourth-order valence-corrected chi connectivity index (χ4v) is 7.33. The highest BCUT2D eigenvalue weighted by Crippen LogP contribution is 2.54. The van der Waals surface area contributed by atoms with Gasteiger partial charge in [0.25, 0.3) is 0 Å². The zero-order valence-electron chi connectivity index (χ0n) is 27.0. The highest BCUT2D eigenvalue weighted by molar-refractivity contribution is 6.12. The summed E-state index contributed by atoms with van der Waals surface area (Å²) in [6.07, 6.45) is 0. The molecular formula is C45H29N5. The first-order chi connectivity index (χ1) is 24.8. The average Bonchev–Trinajstić information content (AvgIpc) is 3.47. The van der Waals surface area contributed by atoms with Crippen LogP contribution >= 0.6 is 0 Å². The van der Waals surface area contributed by atoms with Crippen LogP contribution in [0, 0.1) is 0 Å². The summed E-state index contributed by atoms with van der Waals surface area (Å²) in [6.45, 7) is 0. The molecule has 50 heavy (non-hydrogen) atoms. The molecule has 6 aromatic carbocycles. The molecule has 0 saturated carbocycles. The van der Waals surface area contributed by atoms with Crippen molar-refractivity contribution in [1.29, 1.82) is 0 Å². The standard InChI is InChI=1S/C45H29N5/c1-3-15-30(16-4-1)37-29-42(48-45(47-37)32-18-5-2-6-19-32)50-39-25-13-9-21-34(39)43-33-20-8-12-24-38(33)49(40-26-14-10-22-35(40)44(43)50)41-28-27-31-17-7-11-23-36(31)46-41/h1-29H. The van der Waals surface area contributed by atoms with Gasteiger partial charge in [-0.15, -0.1) is 0 Å². The van der Waals surface area contributed by atoms with Crippen LogP contribution in [-0.4, -0.2) is 19.5 Å². The molecule has 0 N–H and O–H groups in total. The molecule has 0 fully saturated rings. The van der Waals surface area contributed by atoms with E-state index in [1.165, 1.54) is 0 Å². The highest BCUT2D eigenvalue weighted by Gasteiger charge is 2.32. The normalized spacial score (nSPS) is 12.0. The van der Waals surface area contributed by atoms with E-state index >= 15 is 0 Å². The van der Waals surface area contributed by atoms with E-state index in [9.17, 15) is 0 Å². The summed E-state index contributed by atoms with van der Waals surface area (Å²) >= 11 is 0. The molecule has 0 unspecified atom stereocenters. The summed E-state index contributed by atoms with van der Waals surface area (Å²) in [5.74, 6) is 2.35. The maximum absolute atomic E-state index is 5.33. The molecule has 10 rings (SSSR count). The second kappa shape index (κ2) is 11.4. The summed E-state index contributed by atoms with van der Waals surface area (Å²) < 4.78 is 2.33. The van der Waals surface area contributed by atoms with E-state index in [2.05, 4.69) is 155 Å². The minimum Gasteiger partial charge on any atom is -0.294 e. The van der Waals surface area contributed by atoms with Crippen molar-refractivity contribution in [2.75, 3.05) is 4.90 Å². The zero-order valence-corrected chi connectivity index (χ0v) is 27.0. The Morgan fingerprint density at radius 1 is 0.440 bits per heavy atom. The van der Waals surface area contributed by atoms with Crippen molar-refractivity contribution in [2.24, 2.45) is 0 Å². The lowest BCUT2D eigenvalue weighted by Crippen LogP contribution is -2.13. The van der Waals surface area contributed by atoms with E-state index in [1.807, 2.05) is 30.3 Å². The van der Waals surface area contributed by atoms with Crippen molar-refractivity contribution < 1.29 is 0 Å². The van der Waals surface area contributed by atoms with Gasteiger partial charge in [0.05, 0.1) is 33.8 Å². The van der Waals surface area contributed by atoms with Crippen molar-refractivity contribution >= 4 is 39.0 Å². The molecule has 0 aliphatic carbocycles. The van der Waals surface area contributed by atoms with E-state index in [4.69, 9.17) is 15.0 Å². The van der Waals surface area contributed by atoms with E-state index in [1.54, 1.807) is 0 Å². The number of nitrogens with zero attached hydrogens (tertiary/aromatic N) is 5. The van der Waals surface area contributed by atoms with Crippen LogP contribution in [0.3, 0.4) is 0 Å². The lowest BCUT2D eigenvalue weighted by Gasteiger charge is -2.26. The van der Waals surface area contributed by atoms with Gasteiger partial charge >= 0.3 is 0 Å². The molecule has 0 amide bonds. The summed E-state index contributed by atoms with van der Waals surface area (Å²) in [7, 11) is 0. The average molecular weight is 640 g/mol. The predicted octanol–water partition coefficient (Wildman–Crippen LogP) is 11.4. The Morgan fingerprint density at radius 3 is 1.90 bits per heavy atom. The second-order valence-corrected chi connectivity index (χ2v) is 12.5. The number of aromatic nitrogens is 4. The van der Waals surface area contributed by atoms with Gasteiger partial charge < -0.3 is 0 Å². The van der Waals surface area contributed by atoms with E-state index < -0.39 is 0 Å². The number of pyridine rings is 1. The maximum atomic E-state index is 5.33. The summed E-state index contributed by atoms with van der Waals surface area (Å²) in [5, 5.41) is 2.26. The molecule has 5 heteroatoms. The summed E-state index contributed by atoms with van der Waals surface area (Å²) in [4.78, 5) is 18.0. The monoisotopic (exact) mass is 639 g/mol. The number of fused-ring (bicyclic) bond motifs is 8. The second-order valence-electron chi connectivity index (χ2n) is 12.5. The Labute approximate surface area is 289 Å². The third kappa shape index (κ3) is 4.45. The number of hydrogen-bond acceptors (Lipinski definition) is 4. The van der Waals surface area contributed by atoms with Crippen LogP contribution in [-0.2, 0) is 0 Å². The highest BCUT2D eigenvalue weighted by atomic mass is 15.2. The molecule has 234 valence electrons. The van der Waals surface area contributed by atoms with Crippen molar-refractivity contribution in [3.8, 4) is 50.8 Å². The fraction of sp³-hybridized carbons (Fsp3) is 0. The smallest absolute Gasteiger partial charge is 0.162 e. The van der Waals surface area contributed by atoms with Crippen LogP contribution in [0.25, 0.3) is 72.7 Å². The SMILES string of the molecule is c1ccc(-c2cc(-n3c4c(c5ccccc53)-c3ccccc3N(c3ccc5ccccc5n3)c3ccccc3-4)nc(-c3ccccc3)n2)cc1. The van der Waals surface area contributed by atoms with Crippen LogP contribution in [0.1, 0.15) is 0 Å². The number of para-hydroxylation sites is 4. The molecule has 0 bridgehead atoms. The van der Waals surface area contributed by atoms with Gasteiger partial charge in [-0.05, 0) is 36.4 Å². The van der Waals surface area contributed by atoms with Crippen LogP contribution in [0.15, 0.2) is 176 Å². The molecule has 5 nitrogen and oxygen atoms in total. The first-order valence-electron chi connectivity index (χ1n) is 16.8. The van der Waals surface area contributed by atoms with Gasteiger partial charge in [-0.25, -0.2) is 15.0 Å². The van der Waals surface area contributed by atoms with Gasteiger partial charge in [-0.3, -0.25) is 9.47 Å². The Morgan fingerprint density at radius 2 is 1.08 bits per heavy atom. The largest absolute Gasteiger partial charge is 0.294 e. The molecule has 1 aliphatic rings. The molecule has 0 saturated heterocycles. The van der Waals surface area contributed by atoms with E-state index in [0.29, 0.717) is 5.82 Å². The van der Waals surface area contributed by atoms with Crippen molar-refractivity contribution in [2.45, 2.75) is 0 Å². The number of rotatable bonds is 4. The quantitative estimate of drug-likeness (QED) is 0.192. The first kappa shape index (κ1) is 28.2. The van der Waals surface area contributed by atoms with Crippen molar-refractivity contribution in [3.05, 3.63) is 176 Å². The van der Waals surface area contributed by atoms with E-state index in [0.717, 1.165) is 84.0 Å². The lowest BCUT2D eigenvalue weighted by atomic mass is 9.98. The molecule has 0 spiro atoms. The van der Waals surface area contributed by atoms with Crippen molar-refractivity contribution in [3.63, 3.8) is 0 Å². The zero-order chi connectivity index (χ0) is 33.0. The van der Waals surface area contributed by atoms with Gasteiger partial charge in [0.2, 0.25) is 0 Å². The summed E-state index contributed by atoms with van der Waals surface area (Å²) in [6, 6.07) is 61.3. The van der Waals surface area contributed by atoms with Crippen LogP contribution in [0.4, 0.5) is 17.2 Å². The fourth-order valence-electron chi connectivity index (χ4n) is 7.33. The Bertz CT molecular complexity index is 2660. The number of benzene rings is 6.